The summed E-state index contributed by atoms with van der Waals surface area (Å²) >= 11 is 3.55. The Hall–Kier alpha value is -2.34. The third-order valence-corrected chi connectivity index (χ3v) is 5.89. The van der Waals surface area contributed by atoms with Crippen molar-refractivity contribution in [3.63, 3.8) is 0 Å². The minimum atomic E-state index is -0.609. The van der Waals surface area contributed by atoms with E-state index in [0.717, 1.165) is 15.6 Å². The molecule has 0 bridgehead atoms. The van der Waals surface area contributed by atoms with Crippen LogP contribution < -0.4 is 10.1 Å². The van der Waals surface area contributed by atoms with Crippen molar-refractivity contribution >= 4 is 27.7 Å². The van der Waals surface area contributed by atoms with E-state index in [9.17, 15) is 9.59 Å². The predicted molar refractivity (Wildman–Crippen MR) is 128 cm³/mol. The van der Waals surface area contributed by atoms with Gasteiger partial charge in [0, 0.05) is 13.1 Å². The van der Waals surface area contributed by atoms with E-state index < -0.39 is 6.04 Å². The predicted octanol–water partition coefficient (Wildman–Crippen LogP) is 4.99. The lowest BCUT2D eigenvalue weighted by Gasteiger charge is -2.29. The first-order valence-electron chi connectivity index (χ1n) is 10.6. The minimum absolute atomic E-state index is 0.0171. The molecule has 2 aromatic carbocycles. The Morgan fingerprint density at radius 3 is 2.42 bits per heavy atom. The first-order chi connectivity index (χ1) is 14.5. The number of benzene rings is 2. The van der Waals surface area contributed by atoms with E-state index in [1.54, 1.807) is 11.8 Å². The number of halogens is 1. The first-order valence-corrected chi connectivity index (χ1v) is 11.4. The molecular formula is C25H33BrN2O3. The van der Waals surface area contributed by atoms with Gasteiger partial charge in [0.05, 0.1) is 4.47 Å². The number of rotatable bonds is 8. The number of nitrogens with one attached hydrogen (secondary N) is 1. The molecule has 0 aliphatic heterocycles. The molecule has 2 aromatic rings. The molecule has 168 valence electrons. The van der Waals surface area contributed by atoms with Gasteiger partial charge in [-0.25, -0.2) is 0 Å². The monoisotopic (exact) mass is 488 g/mol. The van der Waals surface area contributed by atoms with E-state index in [1.807, 2.05) is 56.3 Å². The summed E-state index contributed by atoms with van der Waals surface area (Å²) in [6.45, 7) is 12.7. The topological polar surface area (TPSA) is 58.6 Å². The van der Waals surface area contributed by atoms with Crippen molar-refractivity contribution in [1.82, 2.24) is 10.2 Å². The number of hydrogen-bond donors (Lipinski definition) is 1. The van der Waals surface area contributed by atoms with Crippen molar-refractivity contribution in [1.29, 1.82) is 0 Å². The summed E-state index contributed by atoms with van der Waals surface area (Å²) in [5.41, 5.74) is 3.26. The van der Waals surface area contributed by atoms with Gasteiger partial charge in [-0.1, -0.05) is 51.1 Å². The second kappa shape index (κ2) is 10.8. The summed E-state index contributed by atoms with van der Waals surface area (Å²) in [5.74, 6) is 0.178. The summed E-state index contributed by atoms with van der Waals surface area (Å²) in [7, 11) is 0. The Morgan fingerprint density at radius 1 is 1.16 bits per heavy atom. The third-order valence-electron chi connectivity index (χ3n) is 5.27. The van der Waals surface area contributed by atoms with E-state index >= 15 is 0 Å². The van der Waals surface area contributed by atoms with Crippen molar-refractivity contribution in [2.75, 3.05) is 13.2 Å². The van der Waals surface area contributed by atoms with Gasteiger partial charge in [0.25, 0.3) is 5.91 Å². The van der Waals surface area contributed by atoms with Gasteiger partial charge >= 0.3 is 0 Å². The summed E-state index contributed by atoms with van der Waals surface area (Å²) in [4.78, 5) is 27.2. The van der Waals surface area contributed by atoms with E-state index in [2.05, 4.69) is 42.0 Å². The Balaban J connectivity index is 2.19. The minimum Gasteiger partial charge on any atom is -0.483 e. The zero-order valence-corrected chi connectivity index (χ0v) is 20.9. The second-order valence-electron chi connectivity index (χ2n) is 8.70. The number of carbonyl (C=O) groups excluding carboxylic acids is 2. The SMILES string of the molecule is CCNC(=O)[C@H](C)N(Cc1ccccc1C)C(=O)COc1ccc(C(C)(C)C)cc1Br. The van der Waals surface area contributed by atoms with Crippen LogP contribution in [0.25, 0.3) is 0 Å². The molecule has 0 fully saturated rings. The van der Waals surface area contributed by atoms with E-state index in [-0.39, 0.29) is 23.8 Å². The summed E-state index contributed by atoms with van der Waals surface area (Å²) in [6, 6.07) is 13.2. The summed E-state index contributed by atoms with van der Waals surface area (Å²) in [6.07, 6.45) is 0. The second-order valence-corrected chi connectivity index (χ2v) is 9.56. The lowest BCUT2D eigenvalue weighted by atomic mass is 9.87. The van der Waals surface area contributed by atoms with Gasteiger partial charge in [0.1, 0.15) is 11.8 Å². The maximum absolute atomic E-state index is 13.1. The van der Waals surface area contributed by atoms with Gasteiger partial charge in [-0.05, 0) is 70.9 Å². The molecule has 0 saturated carbocycles. The van der Waals surface area contributed by atoms with Crippen molar-refractivity contribution in [3.05, 3.63) is 63.6 Å². The van der Waals surface area contributed by atoms with Crippen LogP contribution in [-0.4, -0.2) is 35.9 Å². The first kappa shape index (κ1) is 24.9. The molecule has 2 rings (SSSR count). The van der Waals surface area contributed by atoms with Gasteiger partial charge < -0.3 is 15.0 Å². The zero-order valence-electron chi connectivity index (χ0n) is 19.3. The number of ether oxygens (including phenoxy) is 1. The molecule has 0 heterocycles. The normalized spacial score (nSPS) is 12.2. The Kier molecular flexibility index (Phi) is 8.69. The highest BCUT2D eigenvalue weighted by Gasteiger charge is 2.27. The van der Waals surface area contributed by atoms with Crippen molar-refractivity contribution in [2.24, 2.45) is 0 Å². The van der Waals surface area contributed by atoms with Gasteiger partial charge in [0.2, 0.25) is 5.91 Å². The molecule has 2 amide bonds. The molecule has 0 unspecified atom stereocenters. The Labute approximate surface area is 194 Å². The average Bonchev–Trinajstić information content (AvgIpc) is 2.71. The van der Waals surface area contributed by atoms with Gasteiger partial charge in [-0.3, -0.25) is 9.59 Å². The number of nitrogens with zero attached hydrogens (tertiary/aromatic N) is 1. The summed E-state index contributed by atoms with van der Waals surface area (Å²) < 4.78 is 6.64. The highest BCUT2D eigenvalue weighted by molar-refractivity contribution is 9.10. The van der Waals surface area contributed by atoms with E-state index in [0.29, 0.717) is 18.8 Å². The molecule has 0 aliphatic carbocycles. The molecular weight excluding hydrogens is 456 g/mol. The maximum Gasteiger partial charge on any atom is 0.261 e. The lowest BCUT2D eigenvalue weighted by Crippen LogP contribution is -2.49. The lowest BCUT2D eigenvalue weighted by molar-refractivity contribution is -0.142. The van der Waals surface area contributed by atoms with Crippen LogP contribution in [-0.2, 0) is 21.5 Å². The molecule has 5 nitrogen and oxygen atoms in total. The molecule has 6 heteroatoms. The molecule has 0 radical (unpaired) electrons. The molecule has 0 aromatic heterocycles. The van der Waals surface area contributed by atoms with Gasteiger partial charge in [0.15, 0.2) is 6.61 Å². The van der Waals surface area contributed by atoms with E-state index in [1.165, 1.54) is 5.56 Å². The molecule has 0 spiro atoms. The standard InChI is InChI=1S/C25H33BrN2O3/c1-7-27-24(30)18(3)28(15-19-11-9-8-10-17(19)2)23(29)16-31-22-13-12-20(14-21(22)26)25(4,5)6/h8-14,18H,7,15-16H2,1-6H3,(H,27,30)/t18-/m0/s1. The molecule has 31 heavy (non-hydrogen) atoms. The molecule has 1 N–H and O–H groups in total. The average molecular weight is 489 g/mol. The number of hydrogen-bond acceptors (Lipinski definition) is 3. The van der Waals surface area contributed by atoms with Crippen molar-refractivity contribution in [3.8, 4) is 5.75 Å². The fraction of sp³-hybridized carbons (Fsp3) is 0.440. The van der Waals surface area contributed by atoms with Crippen LogP contribution in [0.15, 0.2) is 46.9 Å². The Bertz CT molecular complexity index is 921. The third kappa shape index (κ3) is 6.82. The van der Waals surface area contributed by atoms with Gasteiger partial charge in [-0.15, -0.1) is 0 Å². The van der Waals surface area contributed by atoms with Crippen molar-refractivity contribution < 1.29 is 14.3 Å². The van der Waals surface area contributed by atoms with Crippen LogP contribution in [0.5, 0.6) is 5.75 Å². The fourth-order valence-electron chi connectivity index (χ4n) is 3.18. The van der Waals surface area contributed by atoms with Crippen LogP contribution in [0.3, 0.4) is 0 Å². The highest BCUT2D eigenvalue weighted by atomic mass is 79.9. The maximum atomic E-state index is 13.1. The number of amides is 2. The number of likely N-dealkylation sites (N-methyl/N-ethyl adjacent to an activating group) is 1. The highest BCUT2D eigenvalue weighted by Crippen LogP contribution is 2.31. The van der Waals surface area contributed by atoms with Crippen LogP contribution in [0.4, 0.5) is 0 Å². The van der Waals surface area contributed by atoms with E-state index in [4.69, 9.17) is 4.74 Å². The quantitative estimate of drug-likeness (QED) is 0.569. The van der Waals surface area contributed by atoms with Crippen LogP contribution in [0.2, 0.25) is 0 Å². The summed E-state index contributed by atoms with van der Waals surface area (Å²) in [5, 5.41) is 2.80. The van der Waals surface area contributed by atoms with Crippen LogP contribution >= 0.6 is 15.9 Å². The van der Waals surface area contributed by atoms with Gasteiger partial charge in [-0.2, -0.15) is 0 Å². The number of carbonyl (C=O) groups is 2. The largest absolute Gasteiger partial charge is 0.483 e. The zero-order chi connectivity index (χ0) is 23.2. The fourth-order valence-corrected chi connectivity index (χ4v) is 3.68. The van der Waals surface area contributed by atoms with Crippen LogP contribution in [0, 0.1) is 6.92 Å². The molecule has 0 aliphatic rings. The smallest absolute Gasteiger partial charge is 0.261 e. The number of aryl methyl sites for hydroxylation is 1. The van der Waals surface area contributed by atoms with Crippen molar-refractivity contribution in [2.45, 2.75) is 59.5 Å². The van der Waals surface area contributed by atoms with Crippen LogP contribution in [0.1, 0.15) is 51.3 Å². The Morgan fingerprint density at radius 2 is 1.84 bits per heavy atom. The molecule has 0 saturated heterocycles. The molecule has 1 atom stereocenters.